The molecule has 0 fully saturated rings. The van der Waals surface area contributed by atoms with Crippen LogP contribution in [0.5, 0.6) is 0 Å². The summed E-state index contributed by atoms with van der Waals surface area (Å²) in [6, 6.07) is 12.8. The number of furan rings is 1. The van der Waals surface area contributed by atoms with Crippen LogP contribution in [-0.4, -0.2) is 20.4 Å². The first kappa shape index (κ1) is 17.7. The molecule has 1 amide bonds. The standard InChI is InChI=1S/C21H18N4O3/c1-13(15-7-4-3-5-8-15)25-12-23-20-18(21(25)27)17(14(2)28-20)19(26)24-16-9-6-10-22-11-16/h3-13H,1-2H3,(H,24,26)/t13-/m0/s1. The van der Waals surface area contributed by atoms with Gasteiger partial charge >= 0.3 is 0 Å². The van der Waals surface area contributed by atoms with Crippen molar-refractivity contribution in [3.05, 3.63) is 88.4 Å². The summed E-state index contributed by atoms with van der Waals surface area (Å²) in [6.45, 7) is 3.55. The van der Waals surface area contributed by atoms with Gasteiger partial charge in [0.25, 0.3) is 11.5 Å². The van der Waals surface area contributed by atoms with Gasteiger partial charge in [0, 0.05) is 6.20 Å². The second kappa shape index (κ2) is 7.11. The van der Waals surface area contributed by atoms with Gasteiger partial charge in [0.15, 0.2) is 0 Å². The fourth-order valence-corrected chi connectivity index (χ4v) is 3.19. The van der Waals surface area contributed by atoms with Gasteiger partial charge in [-0.1, -0.05) is 30.3 Å². The molecule has 7 nitrogen and oxygen atoms in total. The van der Waals surface area contributed by atoms with Crippen LogP contribution in [0.3, 0.4) is 0 Å². The summed E-state index contributed by atoms with van der Waals surface area (Å²) < 4.78 is 7.09. The van der Waals surface area contributed by atoms with Crippen LogP contribution < -0.4 is 10.9 Å². The predicted octanol–water partition coefficient (Wildman–Crippen LogP) is 3.55. The smallest absolute Gasteiger partial charge is 0.266 e. The van der Waals surface area contributed by atoms with Crippen LogP contribution in [0.1, 0.15) is 34.6 Å². The number of nitrogens with one attached hydrogen (secondary N) is 1. The number of anilines is 1. The van der Waals surface area contributed by atoms with Gasteiger partial charge in [-0.15, -0.1) is 0 Å². The minimum Gasteiger partial charge on any atom is -0.442 e. The summed E-state index contributed by atoms with van der Waals surface area (Å²) in [5.74, 6) is -0.0978. The van der Waals surface area contributed by atoms with Crippen molar-refractivity contribution in [2.45, 2.75) is 19.9 Å². The summed E-state index contributed by atoms with van der Waals surface area (Å²) in [4.78, 5) is 34.3. The molecule has 140 valence electrons. The van der Waals surface area contributed by atoms with Crippen molar-refractivity contribution in [2.24, 2.45) is 0 Å². The highest BCUT2D eigenvalue weighted by molar-refractivity contribution is 6.12. The van der Waals surface area contributed by atoms with E-state index in [1.165, 1.54) is 17.1 Å². The summed E-state index contributed by atoms with van der Waals surface area (Å²) in [5, 5.41) is 2.92. The number of carbonyl (C=O) groups is 1. The zero-order chi connectivity index (χ0) is 19.7. The van der Waals surface area contributed by atoms with Gasteiger partial charge in [-0.05, 0) is 31.5 Å². The molecule has 3 heterocycles. The van der Waals surface area contributed by atoms with Gasteiger partial charge in [0.05, 0.1) is 23.5 Å². The molecule has 0 saturated heterocycles. The van der Waals surface area contributed by atoms with Crippen LogP contribution in [0.4, 0.5) is 5.69 Å². The van der Waals surface area contributed by atoms with Crippen LogP contribution in [0.25, 0.3) is 11.1 Å². The van der Waals surface area contributed by atoms with Crippen molar-refractivity contribution < 1.29 is 9.21 Å². The summed E-state index contributed by atoms with van der Waals surface area (Å²) in [7, 11) is 0. The molecule has 0 spiro atoms. The lowest BCUT2D eigenvalue weighted by Crippen LogP contribution is -2.25. The number of hydrogen-bond acceptors (Lipinski definition) is 5. The van der Waals surface area contributed by atoms with E-state index in [2.05, 4.69) is 15.3 Å². The van der Waals surface area contributed by atoms with Crippen molar-refractivity contribution in [1.82, 2.24) is 14.5 Å². The van der Waals surface area contributed by atoms with E-state index in [1.807, 2.05) is 37.3 Å². The maximum Gasteiger partial charge on any atom is 0.266 e. The molecular formula is C21H18N4O3. The number of carbonyl (C=O) groups excluding carboxylic acids is 1. The van der Waals surface area contributed by atoms with Gasteiger partial charge in [0.1, 0.15) is 17.5 Å². The number of hydrogen-bond donors (Lipinski definition) is 1. The fraction of sp³-hybridized carbons (Fsp3) is 0.143. The van der Waals surface area contributed by atoms with Crippen molar-refractivity contribution in [3.63, 3.8) is 0 Å². The second-order valence-electron chi connectivity index (χ2n) is 6.45. The van der Waals surface area contributed by atoms with E-state index < -0.39 is 5.91 Å². The van der Waals surface area contributed by atoms with Crippen LogP contribution in [0, 0.1) is 6.92 Å². The van der Waals surface area contributed by atoms with E-state index in [4.69, 9.17) is 4.42 Å². The Bertz CT molecular complexity index is 1200. The molecule has 1 N–H and O–H groups in total. The lowest BCUT2D eigenvalue weighted by atomic mass is 10.1. The average Bonchev–Trinajstić information content (AvgIpc) is 3.06. The number of amides is 1. The maximum absolute atomic E-state index is 13.2. The zero-order valence-electron chi connectivity index (χ0n) is 15.4. The molecule has 7 heteroatoms. The van der Waals surface area contributed by atoms with Crippen molar-refractivity contribution in [2.75, 3.05) is 5.32 Å². The molecule has 0 aliphatic carbocycles. The third kappa shape index (κ3) is 3.07. The fourth-order valence-electron chi connectivity index (χ4n) is 3.19. The second-order valence-corrected chi connectivity index (χ2v) is 6.45. The van der Waals surface area contributed by atoms with E-state index >= 15 is 0 Å². The van der Waals surface area contributed by atoms with E-state index in [9.17, 15) is 9.59 Å². The molecular weight excluding hydrogens is 356 g/mol. The Morgan fingerprint density at radius 2 is 1.96 bits per heavy atom. The lowest BCUT2D eigenvalue weighted by molar-refractivity contribution is 0.102. The first-order valence-corrected chi connectivity index (χ1v) is 8.83. The third-order valence-electron chi connectivity index (χ3n) is 4.66. The zero-order valence-corrected chi connectivity index (χ0v) is 15.4. The number of nitrogens with zero attached hydrogens (tertiary/aromatic N) is 3. The Kier molecular flexibility index (Phi) is 4.49. The van der Waals surface area contributed by atoms with Crippen molar-refractivity contribution in [3.8, 4) is 0 Å². The SMILES string of the molecule is Cc1oc2ncn([C@@H](C)c3ccccc3)c(=O)c2c1C(=O)Nc1cccnc1. The Balaban J connectivity index is 1.81. The summed E-state index contributed by atoms with van der Waals surface area (Å²) in [6.07, 6.45) is 4.60. The molecule has 28 heavy (non-hydrogen) atoms. The average molecular weight is 374 g/mol. The quantitative estimate of drug-likeness (QED) is 0.590. The molecule has 0 aliphatic heterocycles. The molecule has 0 aliphatic rings. The molecule has 4 aromatic rings. The van der Waals surface area contributed by atoms with E-state index in [1.54, 1.807) is 25.3 Å². The van der Waals surface area contributed by atoms with Crippen LogP contribution in [0.2, 0.25) is 0 Å². The van der Waals surface area contributed by atoms with Crippen LogP contribution in [0.15, 0.2) is 70.4 Å². The highest BCUT2D eigenvalue weighted by Gasteiger charge is 2.24. The third-order valence-corrected chi connectivity index (χ3v) is 4.66. The highest BCUT2D eigenvalue weighted by Crippen LogP contribution is 2.24. The van der Waals surface area contributed by atoms with E-state index in [0.29, 0.717) is 11.4 Å². The first-order valence-electron chi connectivity index (χ1n) is 8.83. The summed E-state index contributed by atoms with van der Waals surface area (Å²) in [5.41, 5.74) is 1.51. The molecule has 0 radical (unpaired) electrons. The predicted molar refractivity (Wildman–Crippen MR) is 105 cm³/mol. The van der Waals surface area contributed by atoms with Gasteiger partial charge in [-0.2, -0.15) is 0 Å². The number of aryl methyl sites for hydroxylation is 1. The van der Waals surface area contributed by atoms with Crippen LogP contribution >= 0.6 is 0 Å². The monoisotopic (exact) mass is 374 g/mol. The maximum atomic E-state index is 13.2. The molecule has 1 aromatic carbocycles. The number of fused-ring (bicyclic) bond motifs is 1. The molecule has 4 rings (SSSR count). The minimum absolute atomic E-state index is 0.148. The van der Waals surface area contributed by atoms with Crippen molar-refractivity contribution >= 4 is 22.7 Å². The Hall–Kier alpha value is -3.74. The van der Waals surface area contributed by atoms with Gasteiger partial charge in [0.2, 0.25) is 5.71 Å². The lowest BCUT2D eigenvalue weighted by Gasteiger charge is -2.15. The molecule has 0 bridgehead atoms. The molecule has 3 aromatic heterocycles. The largest absolute Gasteiger partial charge is 0.442 e. The number of rotatable bonds is 4. The Morgan fingerprint density at radius 1 is 1.18 bits per heavy atom. The number of aromatic nitrogens is 3. The van der Waals surface area contributed by atoms with Crippen LogP contribution in [-0.2, 0) is 0 Å². The van der Waals surface area contributed by atoms with Gasteiger partial charge in [-0.3, -0.25) is 19.1 Å². The molecule has 0 unspecified atom stereocenters. The van der Waals surface area contributed by atoms with E-state index in [0.717, 1.165) is 5.56 Å². The Morgan fingerprint density at radius 3 is 2.68 bits per heavy atom. The first-order chi connectivity index (χ1) is 13.6. The Labute approximate surface area is 160 Å². The minimum atomic E-state index is -0.437. The number of pyridine rings is 1. The van der Waals surface area contributed by atoms with E-state index in [-0.39, 0.29) is 28.3 Å². The number of benzene rings is 1. The molecule has 0 saturated carbocycles. The highest BCUT2D eigenvalue weighted by atomic mass is 16.3. The topological polar surface area (TPSA) is 90.0 Å². The van der Waals surface area contributed by atoms with Gasteiger partial charge in [-0.25, -0.2) is 4.98 Å². The van der Waals surface area contributed by atoms with Gasteiger partial charge < -0.3 is 9.73 Å². The van der Waals surface area contributed by atoms with Crippen molar-refractivity contribution in [1.29, 1.82) is 0 Å². The normalized spacial score (nSPS) is 12.1. The molecule has 1 atom stereocenters. The summed E-state index contributed by atoms with van der Waals surface area (Å²) >= 11 is 0.